The summed E-state index contributed by atoms with van der Waals surface area (Å²) in [6.07, 6.45) is -3.08. The van der Waals surface area contributed by atoms with Crippen LogP contribution in [0.3, 0.4) is 0 Å². The van der Waals surface area contributed by atoms with Gasteiger partial charge in [0.1, 0.15) is 0 Å². The number of carbonyl (C=O) groups is 1. The molecule has 1 aromatic carbocycles. The molecule has 1 unspecified atom stereocenters. The smallest absolute Gasteiger partial charge is 0.388 e. The minimum atomic E-state index is -4.39. The minimum Gasteiger partial charge on any atom is -0.388 e. The fourth-order valence-electron chi connectivity index (χ4n) is 2.34. The number of aliphatic hydroxyl groups is 1. The van der Waals surface area contributed by atoms with Gasteiger partial charge in [0.2, 0.25) is 0 Å². The fourth-order valence-corrected chi connectivity index (χ4v) is 2.34. The zero-order valence-electron chi connectivity index (χ0n) is 11.6. The lowest BCUT2D eigenvalue weighted by atomic mass is 9.95. The second kappa shape index (κ2) is 5.55. The van der Waals surface area contributed by atoms with Gasteiger partial charge < -0.3 is 15.3 Å². The third-order valence-electron chi connectivity index (χ3n) is 3.43. The highest BCUT2D eigenvalue weighted by atomic mass is 19.4. The summed E-state index contributed by atoms with van der Waals surface area (Å²) in [6.45, 7) is 2.38. The molecule has 2 amide bonds. The van der Waals surface area contributed by atoms with Gasteiger partial charge in [-0.05, 0) is 44.0 Å². The van der Waals surface area contributed by atoms with Crippen molar-refractivity contribution in [2.24, 2.45) is 0 Å². The van der Waals surface area contributed by atoms with E-state index in [2.05, 4.69) is 5.32 Å². The molecule has 4 nitrogen and oxygen atoms in total. The van der Waals surface area contributed by atoms with Crippen molar-refractivity contribution in [3.8, 4) is 0 Å². The number of hydrogen-bond donors (Lipinski definition) is 2. The number of hydrogen-bond acceptors (Lipinski definition) is 2. The van der Waals surface area contributed by atoms with E-state index in [0.29, 0.717) is 25.1 Å². The van der Waals surface area contributed by atoms with Gasteiger partial charge in [0.05, 0.1) is 17.7 Å². The molecule has 1 aliphatic heterocycles. The average Bonchev–Trinajstić information content (AvgIpc) is 2.37. The quantitative estimate of drug-likeness (QED) is 0.837. The van der Waals surface area contributed by atoms with Gasteiger partial charge in [-0.15, -0.1) is 0 Å². The van der Waals surface area contributed by atoms with Crippen molar-refractivity contribution < 1.29 is 23.1 Å². The van der Waals surface area contributed by atoms with Gasteiger partial charge in [0.15, 0.2) is 0 Å². The maximum absolute atomic E-state index is 12.4. The molecule has 0 bridgehead atoms. The van der Waals surface area contributed by atoms with Crippen LogP contribution in [0.15, 0.2) is 24.3 Å². The highest BCUT2D eigenvalue weighted by molar-refractivity contribution is 5.89. The van der Waals surface area contributed by atoms with Crippen molar-refractivity contribution in [2.75, 3.05) is 18.4 Å². The van der Waals surface area contributed by atoms with E-state index in [4.69, 9.17) is 0 Å². The Balaban J connectivity index is 2.00. The SMILES string of the molecule is CC1(O)CCCN(C(=O)Nc2ccc(C(F)(F)F)cc2)C1. The summed E-state index contributed by atoms with van der Waals surface area (Å²) in [4.78, 5) is 13.5. The van der Waals surface area contributed by atoms with Crippen LogP contribution in [0, 0.1) is 0 Å². The number of nitrogens with zero attached hydrogens (tertiary/aromatic N) is 1. The lowest BCUT2D eigenvalue weighted by Gasteiger charge is -2.36. The molecule has 0 aliphatic carbocycles. The number of benzene rings is 1. The molecule has 1 atom stereocenters. The largest absolute Gasteiger partial charge is 0.416 e. The van der Waals surface area contributed by atoms with Crippen molar-refractivity contribution in [1.82, 2.24) is 4.90 Å². The Bertz CT molecular complexity index is 512. The van der Waals surface area contributed by atoms with E-state index in [0.717, 1.165) is 12.1 Å². The predicted molar refractivity (Wildman–Crippen MR) is 71.9 cm³/mol. The highest BCUT2D eigenvalue weighted by Gasteiger charge is 2.32. The normalized spacial score (nSPS) is 23.0. The van der Waals surface area contributed by atoms with Gasteiger partial charge in [-0.1, -0.05) is 0 Å². The maximum Gasteiger partial charge on any atom is 0.416 e. The average molecular weight is 302 g/mol. The molecule has 1 aromatic rings. The van der Waals surface area contributed by atoms with Crippen LogP contribution in [0.2, 0.25) is 0 Å². The number of halogens is 3. The monoisotopic (exact) mass is 302 g/mol. The third-order valence-corrected chi connectivity index (χ3v) is 3.43. The predicted octanol–water partition coefficient (Wildman–Crippen LogP) is 3.08. The van der Waals surface area contributed by atoms with Crippen LogP contribution in [0.25, 0.3) is 0 Å². The van der Waals surface area contributed by atoms with Crippen LogP contribution < -0.4 is 5.32 Å². The standard InChI is InChI=1S/C14H17F3N2O2/c1-13(21)7-2-8-19(9-13)12(20)18-11-5-3-10(4-6-11)14(15,16)17/h3-6,21H,2,7-9H2,1H3,(H,18,20). The first-order valence-corrected chi connectivity index (χ1v) is 6.63. The Morgan fingerprint density at radius 1 is 1.33 bits per heavy atom. The van der Waals surface area contributed by atoms with Crippen LogP contribution in [0.4, 0.5) is 23.7 Å². The second-order valence-electron chi connectivity index (χ2n) is 5.53. The Morgan fingerprint density at radius 2 is 1.95 bits per heavy atom. The van der Waals surface area contributed by atoms with Crippen molar-refractivity contribution in [3.63, 3.8) is 0 Å². The molecular formula is C14H17F3N2O2. The van der Waals surface area contributed by atoms with Gasteiger partial charge in [0, 0.05) is 12.2 Å². The first-order chi connectivity index (χ1) is 9.67. The van der Waals surface area contributed by atoms with E-state index in [1.165, 1.54) is 17.0 Å². The van der Waals surface area contributed by atoms with Crippen molar-refractivity contribution in [3.05, 3.63) is 29.8 Å². The molecular weight excluding hydrogens is 285 g/mol. The molecule has 0 radical (unpaired) electrons. The molecule has 0 saturated carbocycles. The van der Waals surface area contributed by atoms with E-state index in [-0.39, 0.29) is 6.54 Å². The van der Waals surface area contributed by atoms with Gasteiger partial charge in [-0.25, -0.2) is 4.79 Å². The number of rotatable bonds is 1. The zero-order chi connectivity index (χ0) is 15.7. The van der Waals surface area contributed by atoms with Crippen LogP contribution in [0.5, 0.6) is 0 Å². The van der Waals surface area contributed by atoms with Crippen molar-refractivity contribution in [2.45, 2.75) is 31.5 Å². The first kappa shape index (κ1) is 15.6. The van der Waals surface area contributed by atoms with Crippen molar-refractivity contribution in [1.29, 1.82) is 0 Å². The molecule has 116 valence electrons. The van der Waals surface area contributed by atoms with E-state index >= 15 is 0 Å². The van der Waals surface area contributed by atoms with E-state index in [1.54, 1.807) is 6.92 Å². The molecule has 7 heteroatoms. The number of piperidine rings is 1. The molecule has 2 rings (SSSR count). The van der Waals surface area contributed by atoms with Crippen LogP contribution in [-0.4, -0.2) is 34.7 Å². The third kappa shape index (κ3) is 4.10. The molecule has 1 heterocycles. The number of nitrogens with one attached hydrogen (secondary N) is 1. The Morgan fingerprint density at radius 3 is 2.48 bits per heavy atom. The Kier molecular flexibility index (Phi) is 4.13. The van der Waals surface area contributed by atoms with Gasteiger partial charge in [-0.2, -0.15) is 13.2 Å². The Labute approximate surface area is 120 Å². The number of anilines is 1. The molecule has 0 aromatic heterocycles. The number of β-amino-alcohol motifs (C(OH)–C–C–N with tert-alkyl or cyclic N) is 1. The van der Waals surface area contributed by atoms with Crippen LogP contribution >= 0.6 is 0 Å². The first-order valence-electron chi connectivity index (χ1n) is 6.63. The summed E-state index contributed by atoms with van der Waals surface area (Å²) in [6, 6.07) is 3.84. The van der Waals surface area contributed by atoms with E-state index < -0.39 is 23.4 Å². The maximum atomic E-state index is 12.4. The second-order valence-corrected chi connectivity index (χ2v) is 5.53. The number of amides is 2. The number of likely N-dealkylation sites (tertiary alicyclic amines) is 1. The van der Waals surface area contributed by atoms with Crippen LogP contribution in [0.1, 0.15) is 25.3 Å². The number of carbonyl (C=O) groups excluding carboxylic acids is 1. The molecule has 1 saturated heterocycles. The lowest BCUT2D eigenvalue weighted by Crippen LogP contribution is -2.49. The fraction of sp³-hybridized carbons (Fsp3) is 0.500. The molecule has 2 N–H and O–H groups in total. The highest BCUT2D eigenvalue weighted by Crippen LogP contribution is 2.30. The Hall–Kier alpha value is -1.76. The van der Waals surface area contributed by atoms with Gasteiger partial charge in [0.25, 0.3) is 0 Å². The van der Waals surface area contributed by atoms with E-state index in [9.17, 15) is 23.1 Å². The summed E-state index contributed by atoms with van der Waals surface area (Å²) >= 11 is 0. The van der Waals surface area contributed by atoms with Gasteiger partial charge in [-0.3, -0.25) is 0 Å². The van der Waals surface area contributed by atoms with Crippen molar-refractivity contribution >= 4 is 11.7 Å². The van der Waals surface area contributed by atoms with E-state index in [1.807, 2.05) is 0 Å². The van der Waals surface area contributed by atoms with Crippen LogP contribution in [-0.2, 0) is 6.18 Å². The number of urea groups is 1. The summed E-state index contributed by atoms with van der Waals surface area (Å²) in [7, 11) is 0. The lowest BCUT2D eigenvalue weighted by molar-refractivity contribution is -0.137. The summed E-state index contributed by atoms with van der Waals surface area (Å²) in [5.41, 5.74) is -1.39. The molecule has 21 heavy (non-hydrogen) atoms. The summed E-state index contributed by atoms with van der Waals surface area (Å²) in [5.74, 6) is 0. The molecule has 1 aliphatic rings. The minimum absolute atomic E-state index is 0.208. The zero-order valence-corrected chi connectivity index (χ0v) is 11.6. The summed E-state index contributed by atoms with van der Waals surface area (Å²) < 4.78 is 37.3. The topological polar surface area (TPSA) is 52.6 Å². The molecule has 1 fully saturated rings. The molecule has 0 spiro atoms. The summed E-state index contributed by atoms with van der Waals surface area (Å²) in [5, 5.41) is 12.5. The number of alkyl halides is 3. The van der Waals surface area contributed by atoms with Gasteiger partial charge >= 0.3 is 12.2 Å².